The summed E-state index contributed by atoms with van der Waals surface area (Å²) in [6, 6.07) is 18.2. The number of aromatic hydroxyl groups is 1. The summed E-state index contributed by atoms with van der Waals surface area (Å²) in [7, 11) is 0. The summed E-state index contributed by atoms with van der Waals surface area (Å²) in [5.41, 5.74) is 0.406. The summed E-state index contributed by atoms with van der Waals surface area (Å²) in [5.74, 6) is -0.360. The van der Waals surface area contributed by atoms with Gasteiger partial charge in [-0.3, -0.25) is 4.79 Å². The highest BCUT2D eigenvalue weighted by atomic mass is 79.9. The molecule has 0 aliphatic carbocycles. The molecule has 0 unspecified atom stereocenters. The summed E-state index contributed by atoms with van der Waals surface area (Å²) < 4.78 is 7.87. The Morgan fingerprint density at radius 3 is 2.37 bits per heavy atom. The van der Waals surface area contributed by atoms with E-state index in [0.29, 0.717) is 5.69 Å². The molecule has 0 spiro atoms. The van der Waals surface area contributed by atoms with Crippen LogP contribution in [0.1, 0.15) is 19.9 Å². The highest BCUT2D eigenvalue weighted by Crippen LogP contribution is 2.39. The number of rotatable bonds is 4. The van der Waals surface area contributed by atoms with Gasteiger partial charge in [0.2, 0.25) is 0 Å². The van der Waals surface area contributed by atoms with Crippen molar-refractivity contribution in [3.8, 4) is 17.0 Å². The Hall–Kier alpha value is -2.77. The number of fused-ring (bicyclic) bond motifs is 1. The molecule has 0 bridgehead atoms. The molecule has 0 fully saturated rings. The maximum atomic E-state index is 13.4. The number of halogens is 1. The van der Waals surface area contributed by atoms with Crippen LogP contribution < -0.4 is 11.2 Å². The molecule has 2 aromatic heterocycles. The first-order chi connectivity index (χ1) is 14.4. The van der Waals surface area contributed by atoms with Gasteiger partial charge in [-0.25, -0.2) is 4.79 Å². The zero-order valence-corrected chi connectivity index (χ0v) is 18.7. The van der Waals surface area contributed by atoms with Crippen molar-refractivity contribution in [1.29, 1.82) is 0 Å². The van der Waals surface area contributed by atoms with Crippen LogP contribution in [0.4, 0.5) is 0 Å². The molecule has 2 aromatic carbocycles. The first kappa shape index (κ1) is 20.5. The number of hydrogen-bond donors (Lipinski definition) is 1. The Bertz CT molecular complexity index is 1360. The SMILES string of the molecule is CC(C)n1c(-c2ccccc2)cc2oc(=O)c(Sc3ccccc3Br)c(O)c2c1=O. The second kappa shape index (κ2) is 8.16. The Morgan fingerprint density at radius 1 is 1.03 bits per heavy atom. The summed E-state index contributed by atoms with van der Waals surface area (Å²) >= 11 is 4.49. The van der Waals surface area contributed by atoms with Gasteiger partial charge in [-0.15, -0.1) is 0 Å². The summed E-state index contributed by atoms with van der Waals surface area (Å²) in [5, 5.41) is 10.9. The summed E-state index contributed by atoms with van der Waals surface area (Å²) in [4.78, 5) is 26.8. The van der Waals surface area contributed by atoms with Gasteiger partial charge in [-0.05, 0) is 47.5 Å². The van der Waals surface area contributed by atoms with Crippen LogP contribution >= 0.6 is 27.7 Å². The lowest BCUT2D eigenvalue weighted by atomic mass is 10.1. The van der Waals surface area contributed by atoms with Crippen LogP contribution in [0.3, 0.4) is 0 Å². The van der Waals surface area contributed by atoms with E-state index in [4.69, 9.17) is 4.42 Å². The second-order valence-electron chi connectivity index (χ2n) is 7.00. The standard InChI is InChI=1S/C23H18BrNO4S/c1-13(2)25-16(14-8-4-3-5-9-14)12-17-19(22(25)27)20(26)21(23(28)29-17)30-18-11-7-6-10-15(18)24/h3-13,26H,1-2H3. The van der Waals surface area contributed by atoms with Gasteiger partial charge >= 0.3 is 5.63 Å². The first-order valence-electron chi connectivity index (χ1n) is 9.31. The molecule has 0 saturated heterocycles. The van der Waals surface area contributed by atoms with Crippen LogP contribution in [-0.2, 0) is 0 Å². The molecule has 2 heterocycles. The lowest BCUT2D eigenvalue weighted by Crippen LogP contribution is -2.24. The predicted molar refractivity (Wildman–Crippen MR) is 122 cm³/mol. The van der Waals surface area contributed by atoms with E-state index >= 15 is 0 Å². The molecule has 4 aromatic rings. The molecule has 0 aliphatic rings. The Kier molecular flexibility index (Phi) is 5.58. The molecule has 7 heteroatoms. The highest BCUT2D eigenvalue weighted by Gasteiger charge is 2.22. The molecule has 30 heavy (non-hydrogen) atoms. The van der Waals surface area contributed by atoms with E-state index in [1.165, 1.54) is 0 Å². The van der Waals surface area contributed by atoms with E-state index in [9.17, 15) is 14.7 Å². The van der Waals surface area contributed by atoms with Gasteiger partial charge in [0.1, 0.15) is 15.9 Å². The highest BCUT2D eigenvalue weighted by molar-refractivity contribution is 9.10. The molecule has 5 nitrogen and oxygen atoms in total. The normalized spacial score (nSPS) is 11.3. The smallest absolute Gasteiger partial charge is 0.354 e. The number of aromatic nitrogens is 1. The van der Waals surface area contributed by atoms with Crippen LogP contribution in [0, 0.1) is 0 Å². The number of benzene rings is 2. The van der Waals surface area contributed by atoms with Crippen molar-refractivity contribution >= 4 is 38.7 Å². The van der Waals surface area contributed by atoms with Gasteiger partial charge in [-0.2, -0.15) is 0 Å². The van der Waals surface area contributed by atoms with Crippen LogP contribution in [0.15, 0.2) is 88.9 Å². The fourth-order valence-electron chi connectivity index (χ4n) is 3.33. The predicted octanol–water partition coefficient (Wildman–Crippen LogP) is 5.82. The van der Waals surface area contributed by atoms with Crippen molar-refractivity contribution in [1.82, 2.24) is 4.57 Å². The molecule has 0 radical (unpaired) electrons. The van der Waals surface area contributed by atoms with Crippen molar-refractivity contribution < 1.29 is 9.52 Å². The lowest BCUT2D eigenvalue weighted by Gasteiger charge is -2.18. The third-order valence-corrected chi connectivity index (χ3v) is 6.77. The van der Waals surface area contributed by atoms with Gasteiger partial charge in [0.05, 0.1) is 5.69 Å². The van der Waals surface area contributed by atoms with E-state index in [-0.39, 0.29) is 27.7 Å². The quantitative estimate of drug-likeness (QED) is 0.395. The zero-order chi connectivity index (χ0) is 21.4. The maximum absolute atomic E-state index is 13.4. The fraction of sp³-hybridized carbons (Fsp3) is 0.130. The van der Waals surface area contributed by atoms with E-state index in [2.05, 4.69) is 15.9 Å². The van der Waals surface area contributed by atoms with Crippen LogP contribution in [0.25, 0.3) is 22.2 Å². The molecule has 4 rings (SSSR count). The zero-order valence-electron chi connectivity index (χ0n) is 16.3. The molecule has 1 N–H and O–H groups in total. The fourth-order valence-corrected chi connectivity index (χ4v) is 4.71. The summed E-state index contributed by atoms with van der Waals surface area (Å²) in [6.45, 7) is 3.79. The van der Waals surface area contributed by atoms with Gasteiger partial charge in [0.25, 0.3) is 5.56 Å². The largest absolute Gasteiger partial charge is 0.505 e. The molecule has 152 valence electrons. The van der Waals surface area contributed by atoms with Gasteiger partial charge in [0.15, 0.2) is 5.75 Å². The lowest BCUT2D eigenvalue weighted by molar-refractivity contribution is 0.445. The van der Waals surface area contributed by atoms with Crippen molar-refractivity contribution in [2.75, 3.05) is 0 Å². The molecular formula is C23H18BrNO4S. The molecule has 0 saturated carbocycles. The number of pyridine rings is 1. The monoisotopic (exact) mass is 483 g/mol. The van der Waals surface area contributed by atoms with Crippen molar-refractivity contribution in [3.05, 3.63) is 85.9 Å². The number of nitrogens with zero attached hydrogens (tertiary/aromatic N) is 1. The average Bonchev–Trinajstić information content (AvgIpc) is 2.72. The van der Waals surface area contributed by atoms with Crippen molar-refractivity contribution in [2.24, 2.45) is 0 Å². The summed E-state index contributed by atoms with van der Waals surface area (Å²) in [6.07, 6.45) is 0. The van der Waals surface area contributed by atoms with Gasteiger partial charge in [0, 0.05) is 21.5 Å². The molecule has 0 amide bonds. The van der Waals surface area contributed by atoms with E-state index < -0.39 is 11.2 Å². The minimum Gasteiger partial charge on any atom is -0.505 e. The number of hydrogen-bond acceptors (Lipinski definition) is 5. The van der Waals surface area contributed by atoms with Crippen LogP contribution in [0.5, 0.6) is 5.75 Å². The van der Waals surface area contributed by atoms with Crippen LogP contribution in [-0.4, -0.2) is 9.67 Å². The van der Waals surface area contributed by atoms with Gasteiger partial charge < -0.3 is 14.1 Å². The first-order valence-corrected chi connectivity index (χ1v) is 10.9. The second-order valence-corrected chi connectivity index (χ2v) is 8.91. The van der Waals surface area contributed by atoms with E-state index in [1.807, 2.05) is 68.4 Å². The minimum atomic E-state index is -0.693. The average molecular weight is 484 g/mol. The van der Waals surface area contributed by atoms with E-state index in [0.717, 1.165) is 26.7 Å². The van der Waals surface area contributed by atoms with Crippen molar-refractivity contribution in [2.45, 2.75) is 29.7 Å². The molecule has 0 atom stereocenters. The third-order valence-electron chi connectivity index (χ3n) is 4.68. The van der Waals surface area contributed by atoms with E-state index in [1.54, 1.807) is 10.6 Å². The third kappa shape index (κ3) is 3.59. The minimum absolute atomic E-state index is 0.00228. The topological polar surface area (TPSA) is 72.4 Å². The van der Waals surface area contributed by atoms with Crippen LogP contribution in [0.2, 0.25) is 0 Å². The Balaban J connectivity index is 2.01. The Labute approximate surface area is 185 Å². The Morgan fingerprint density at radius 2 is 1.70 bits per heavy atom. The van der Waals surface area contributed by atoms with Crippen molar-refractivity contribution in [3.63, 3.8) is 0 Å². The molecular weight excluding hydrogens is 466 g/mol. The maximum Gasteiger partial charge on any atom is 0.354 e. The van der Waals surface area contributed by atoms with Gasteiger partial charge in [-0.1, -0.05) is 54.2 Å². The molecule has 0 aliphatic heterocycles.